The molecule has 280 valence electrons. The van der Waals surface area contributed by atoms with Crippen molar-refractivity contribution in [2.75, 3.05) is 18.2 Å². The fraction of sp³-hybridized carbons (Fsp3) is 0.171. The molecule has 13 nitrogen and oxygen atoms in total. The van der Waals surface area contributed by atoms with Crippen molar-refractivity contribution in [3.8, 4) is 23.0 Å². The molecule has 0 bridgehead atoms. The van der Waals surface area contributed by atoms with Crippen LogP contribution in [0.2, 0.25) is 5.02 Å². The average Bonchev–Trinajstić information content (AvgIpc) is 3.58. The standard InChI is InChI=1S/C35H27ClF4N6O7S/c1-54-24-12-4-20(5-13-24)33(51)43-26-16-41-32(19-2-8-22(37)9-3-19)45(34(26)52)17-29(48)42-25(14-31(49)50)27(47)18-53-30-15-28(35(38,39)40)44-46(30)23-10-6-21(36)7-11-23/h2-13,15-16,25H,14,17-18H2,1H3,(H,42,48)(H,43,51)(H,49,50)/t25-/m0/s1. The number of hydrogen-bond donors (Lipinski definition) is 3. The number of nitrogens with zero attached hydrogens (tertiary/aromatic N) is 4. The van der Waals surface area contributed by atoms with Crippen molar-refractivity contribution in [2.24, 2.45) is 0 Å². The smallest absolute Gasteiger partial charge is 0.435 e. The number of alkyl halides is 3. The van der Waals surface area contributed by atoms with E-state index in [2.05, 4.69) is 20.7 Å². The van der Waals surface area contributed by atoms with Crippen molar-refractivity contribution in [1.29, 1.82) is 0 Å². The van der Waals surface area contributed by atoms with E-state index < -0.39 is 78.3 Å². The molecule has 0 saturated heterocycles. The van der Waals surface area contributed by atoms with Crippen LogP contribution in [0.1, 0.15) is 22.5 Å². The van der Waals surface area contributed by atoms with Crippen LogP contribution in [0.5, 0.6) is 5.88 Å². The number of carbonyl (C=O) groups is 4. The van der Waals surface area contributed by atoms with E-state index in [-0.39, 0.29) is 33.3 Å². The van der Waals surface area contributed by atoms with Crippen molar-refractivity contribution < 1.29 is 46.6 Å². The van der Waals surface area contributed by atoms with Crippen LogP contribution in [-0.2, 0) is 27.1 Å². The number of carbonyl (C=O) groups excluding carboxylic acids is 3. The molecule has 0 aliphatic rings. The van der Waals surface area contributed by atoms with E-state index in [1.165, 1.54) is 60.3 Å². The summed E-state index contributed by atoms with van der Waals surface area (Å²) < 4.78 is 61.3. The number of carboxylic acids is 1. The molecule has 0 spiro atoms. The van der Waals surface area contributed by atoms with Crippen LogP contribution in [0.25, 0.3) is 17.1 Å². The predicted molar refractivity (Wildman–Crippen MR) is 188 cm³/mol. The minimum absolute atomic E-state index is 0.0932. The second kappa shape index (κ2) is 16.8. The van der Waals surface area contributed by atoms with Crippen LogP contribution in [-0.4, -0.2) is 66.9 Å². The van der Waals surface area contributed by atoms with Crippen molar-refractivity contribution in [2.45, 2.75) is 30.1 Å². The molecular weight excluding hydrogens is 760 g/mol. The lowest BCUT2D eigenvalue weighted by Gasteiger charge is -2.18. The number of rotatable bonds is 14. The molecule has 0 unspecified atom stereocenters. The van der Waals surface area contributed by atoms with E-state index in [4.69, 9.17) is 16.3 Å². The van der Waals surface area contributed by atoms with E-state index in [9.17, 15) is 46.6 Å². The maximum Gasteiger partial charge on any atom is 0.435 e. The van der Waals surface area contributed by atoms with Gasteiger partial charge in [-0.15, -0.1) is 11.8 Å². The Morgan fingerprint density at radius 1 is 1.00 bits per heavy atom. The second-order valence-corrected chi connectivity index (χ2v) is 12.6. The first-order valence-corrected chi connectivity index (χ1v) is 17.1. The third-order valence-electron chi connectivity index (χ3n) is 7.55. The number of ether oxygens (including phenoxy) is 1. The average molecular weight is 787 g/mol. The largest absolute Gasteiger partial charge is 0.481 e. The molecule has 0 radical (unpaired) electrons. The molecule has 2 aromatic heterocycles. The quantitative estimate of drug-likeness (QED) is 0.0965. The van der Waals surface area contributed by atoms with E-state index in [0.29, 0.717) is 6.07 Å². The van der Waals surface area contributed by atoms with Gasteiger partial charge in [0.1, 0.15) is 29.9 Å². The summed E-state index contributed by atoms with van der Waals surface area (Å²) in [4.78, 5) is 70.1. The molecule has 54 heavy (non-hydrogen) atoms. The number of halogens is 5. The Morgan fingerprint density at radius 2 is 1.67 bits per heavy atom. The maximum atomic E-state index is 13.7. The van der Waals surface area contributed by atoms with Gasteiger partial charge in [-0.05, 0) is 79.1 Å². The number of hydrogen-bond acceptors (Lipinski definition) is 9. The molecule has 5 aromatic rings. The van der Waals surface area contributed by atoms with Gasteiger partial charge in [0.2, 0.25) is 11.8 Å². The Bertz CT molecular complexity index is 2250. The topological polar surface area (TPSA) is 175 Å². The van der Waals surface area contributed by atoms with Gasteiger partial charge in [-0.2, -0.15) is 18.3 Å². The zero-order valence-electron chi connectivity index (χ0n) is 27.8. The predicted octanol–water partition coefficient (Wildman–Crippen LogP) is 5.49. The third kappa shape index (κ3) is 9.69. The lowest BCUT2D eigenvalue weighted by molar-refractivity contribution is -0.141. The first-order valence-electron chi connectivity index (χ1n) is 15.5. The van der Waals surface area contributed by atoms with Crippen LogP contribution in [0, 0.1) is 5.82 Å². The van der Waals surface area contributed by atoms with Crippen LogP contribution in [0.15, 0.2) is 94.7 Å². The molecule has 5 rings (SSSR count). The molecule has 2 amide bonds. The molecule has 0 aliphatic carbocycles. The van der Waals surface area contributed by atoms with Gasteiger partial charge >= 0.3 is 12.1 Å². The lowest BCUT2D eigenvalue weighted by Crippen LogP contribution is -2.46. The van der Waals surface area contributed by atoms with Gasteiger partial charge in [0.15, 0.2) is 18.1 Å². The Kier molecular flexibility index (Phi) is 12.2. The molecule has 1 atom stereocenters. The molecule has 2 heterocycles. The van der Waals surface area contributed by atoms with Crippen molar-refractivity contribution >= 4 is 52.6 Å². The van der Waals surface area contributed by atoms with Crippen LogP contribution < -0.4 is 20.9 Å². The fourth-order valence-electron chi connectivity index (χ4n) is 4.91. The van der Waals surface area contributed by atoms with Crippen LogP contribution in [0.3, 0.4) is 0 Å². The number of benzene rings is 3. The van der Waals surface area contributed by atoms with E-state index in [0.717, 1.165) is 32.5 Å². The summed E-state index contributed by atoms with van der Waals surface area (Å²) in [6, 6.07) is 15.4. The Balaban J connectivity index is 1.39. The SMILES string of the molecule is CSc1ccc(C(=O)Nc2cnc(-c3ccc(F)cc3)n(CC(=O)N[C@@H](CC(=O)O)C(=O)COc3cc(C(F)(F)F)nn3-c3ccc(Cl)cc3)c2=O)cc1. The van der Waals surface area contributed by atoms with E-state index in [1.54, 1.807) is 12.1 Å². The number of carboxylic acid groups (broad SMARTS) is 1. The number of anilines is 1. The maximum absolute atomic E-state index is 13.7. The van der Waals surface area contributed by atoms with Gasteiger partial charge in [-0.1, -0.05) is 11.6 Å². The van der Waals surface area contributed by atoms with E-state index >= 15 is 0 Å². The lowest BCUT2D eigenvalue weighted by atomic mass is 10.1. The number of thioether (sulfide) groups is 1. The summed E-state index contributed by atoms with van der Waals surface area (Å²) in [7, 11) is 0. The summed E-state index contributed by atoms with van der Waals surface area (Å²) in [5, 5.41) is 18.0. The van der Waals surface area contributed by atoms with E-state index in [1.807, 2.05) is 6.26 Å². The first-order chi connectivity index (χ1) is 25.6. The summed E-state index contributed by atoms with van der Waals surface area (Å²) in [6.07, 6.45) is -2.96. The third-order valence-corrected chi connectivity index (χ3v) is 8.55. The normalized spacial score (nSPS) is 11.8. The Hall–Kier alpha value is -6.01. The summed E-state index contributed by atoms with van der Waals surface area (Å²) >= 11 is 7.33. The molecule has 3 aromatic carbocycles. The number of aliphatic carboxylic acids is 1. The molecule has 0 fully saturated rings. The number of aromatic nitrogens is 4. The highest BCUT2D eigenvalue weighted by Gasteiger charge is 2.36. The molecule has 0 saturated carbocycles. The Morgan fingerprint density at radius 3 is 2.28 bits per heavy atom. The Labute approximate surface area is 311 Å². The van der Waals surface area contributed by atoms with Crippen molar-refractivity contribution in [1.82, 2.24) is 24.6 Å². The summed E-state index contributed by atoms with van der Waals surface area (Å²) in [5.74, 6) is -5.59. The van der Waals surface area contributed by atoms with Gasteiger partial charge in [0.25, 0.3) is 11.5 Å². The summed E-state index contributed by atoms with van der Waals surface area (Å²) in [6.45, 7) is -1.87. The van der Waals surface area contributed by atoms with Gasteiger partial charge in [0, 0.05) is 27.1 Å². The number of ketones is 1. The molecule has 0 aliphatic heterocycles. The highest BCUT2D eigenvalue weighted by atomic mass is 35.5. The van der Waals surface area contributed by atoms with Gasteiger partial charge < -0.3 is 20.5 Å². The minimum Gasteiger partial charge on any atom is -0.481 e. The summed E-state index contributed by atoms with van der Waals surface area (Å²) in [5.41, 5.74) is -2.12. The zero-order valence-corrected chi connectivity index (χ0v) is 29.3. The van der Waals surface area contributed by atoms with Gasteiger partial charge in [0.05, 0.1) is 18.3 Å². The molecule has 3 N–H and O–H groups in total. The molecular formula is C35H27ClF4N6O7S. The van der Waals surface area contributed by atoms with Crippen LogP contribution in [0.4, 0.5) is 23.2 Å². The fourth-order valence-corrected chi connectivity index (χ4v) is 5.45. The number of nitrogens with one attached hydrogen (secondary N) is 2. The minimum atomic E-state index is -4.89. The number of Topliss-reactive ketones (excluding diaryl/α,β-unsaturated/α-hetero) is 1. The monoisotopic (exact) mass is 786 g/mol. The van der Waals surface area contributed by atoms with Crippen molar-refractivity contribution in [3.05, 3.63) is 118 Å². The van der Waals surface area contributed by atoms with Gasteiger partial charge in [-0.3, -0.25) is 28.5 Å². The first kappa shape index (κ1) is 39.2. The second-order valence-electron chi connectivity index (χ2n) is 11.3. The molecule has 19 heteroatoms. The highest BCUT2D eigenvalue weighted by molar-refractivity contribution is 7.98. The van der Waals surface area contributed by atoms with Gasteiger partial charge in [-0.25, -0.2) is 14.1 Å². The zero-order chi connectivity index (χ0) is 39.2. The van der Waals surface area contributed by atoms with Crippen molar-refractivity contribution in [3.63, 3.8) is 0 Å². The van der Waals surface area contributed by atoms with Crippen LogP contribution >= 0.6 is 23.4 Å². The highest BCUT2D eigenvalue weighted by Crippen LogP contribution is 2.32. The number of amides is 2.